The fourth-order valence-corrected chi connectivity index (χ4v) is 3.26. The summed E-state index contributed by atoms with van der Waals surface area (Å²) in [7, 11) is 6.39. The second-order valence-electron chi connectivity index (χ2n) is 5.90. The van der Waals surface area contributed by atoms with Crippen LogP contribution >= 0.6 is 15.9 Å². The minimum Gasteiger partial charge on any atom is -0.384 e. The average Bonchev–Trinajstić information content (AvgIpc) is 2.32. The number of nitrogens with one attached hydrogen (secondary N) is 1. The predicted molar refractivity (Wildman–Crippen MR) is 88.7 cm³/mol. The van der Waals surface area contributed by atoms with E-state index >= 15 is 0 Å². The Balaban J connectivity index is 2.27. The van der Waals surface area contributed by atoms with Crippen molar-refractivity contribution < 1.29 is 0 Å². The summed E-state index contributed by atoms with van der Waals surface area (Å²) in [6.45, 7) is 0.955. The Kier molecular flexibility index (Phi) is 4.39. The van der Waals surface area contributed by atoms with Gasteiger partial charge in [0.05, 0.1) is 0 Å². The first kappa shape index (κ1) is 15.3. The summed E-state index contributed by atoms with van der Waals surface area (Å²) in [5.74, 6) is 0.117. The zero-order valence-electron chi connectivity index (χ0n) is 12.4. The summed E-state index contributed by atoms with van der Waals surface area (Å²) in [5.41, 5.74) is 7.77. The quantitative estimate of drug-likeness (QED) is 0.641. The Morgan fingerprint density at radius 1 is 1.35 bits per heavy atom. The van der Waals surface area contributed by atoms with E-state index in [0.29, 0.717) is 0 Å². The molecule has 4 nitrogen and oxygen atoms in total. The lowest BCUT2D eigenvalue weighted by molar-refractivity contribution is 0.0683. The molecule has 1 fully saturated rings. The first-order valence-corrected chi connectivity index (χ1v) is 7.67. The van der Waals surface area contributed by atoms with Crippen molar-refractivity contribution in [2.75, 3.05) is 32.6 Å². The first-order valence-electron chi connectivity index (χ1n) is 6.88. The van der Waals surface area contributed by atoms with Crippen molar-refractivity contribution in [3.63, 3.8) is 0 Å². The third kappa shape index (κ3) is 2.83. The van der Waals surface area contributed by atoms with E-state index in [0.717, 1.165) is 22.3 Å². The van der Waals surface area contributed by atoms with E-state index in [4.69, 9.17) is 11.1 Å². The Bertz CT molecular complexity index is 509. The first-order chi connectivity index (χ1) is 9.35. The molecule has 0 amide bonds. The van der Waals surface area contributed by atoms with Gasteiger partial charge in [-0.15, -0.1) is 0 Å². The largest absolute Gasteiger partial charge is 0.384 e. The molecule has 2 rings (SSSR count). The van der Waals surface area contributed by atoms with Crippen molar-refractivity contribution in [1.82, 2.24) is 4.90 Å². The monoisotopic (exact) mass is 338 g/mol. The Labute approximate surface area is 129 Å². The van der Waals surface area contributed by atoms with Gasteiger partial charge in [-0.05, 0) is 51.6 Å². The van der Waals surface area contributed by atoms with Gasteiger partial charge in [0.1, 0.15) is 5.84 Å². The van der Waals surface area contributed by atoms with Gasteiger partial charge in [-0.2, -0.15) is 0 Å². The molecule has 1 saturated carbocycles. The van der Waals surface area contributed by atoms with Crippen molar-refractivity contribution in [2.24, 2.45) is 5.73 Å². The minimum atomic E-state index is 0.117. The standard InChI is InChI=1S/C15H23BrN4/c1-19(2)15(7-4-8-15)10-20(3)13-9-11(16)5-6-12(13)14(17)18/h5-6,9H,4,7-8,10H2,1-3H3,(H3,17,18). The molecule has 20 heavy (non-hydrogen) atoms. The topological polar surface area (TPSA) is 56.4 Å². The average molecular weight is 339 g/mol. The van der Waals surface area contributed by atoms with Gasteiger partial charge in [0.2, 0.25) is 0 Å². The van der Waals surface area contributed by atoms with Crippen LogP contribution in [-0.4, -0.2) is 44.0 Å². The number of hydrogen-bond donors (Lipinski definition) is 2. The van der Waals surface area contributed by atoms with Crippen LogP contribution in [0, 0.1) is 5.41 Å². The van der Waals surface area contributed by atoms with Crippen molar-refractivity contribution in [1.29, 1.82) is 5.41 Å². The maximum absolute atomic E-state index is 7.74. The normalized spacial score (nSPS) is 16.9. The van der Waals surface area contributed by atoms with Crippen LogP contribution in [0.3, 0.4) is 0 Å². The zero-order chi connectivity index (χ0) is 14.9. The highest BCUT2D eigenvalue weighted by molar-refractivity contribution is 9.10. The molecule has 1 aromatic carbocycles. The lowest BCUT2D eigenvalue weighted by Crippen LogP contribution is -2.56. The van der Waals surface area contributed by atoms with Crippen molar-refractivity contribution in [2.45, 2.75) is 24.8 Å². The number of nitrogens with zero attached hydrogens (tertiary/aromatic N) is 2. The number of likely N-dealkylation sites (N-methyl/N-ethyl adjacent to an activating group) is 2. The number of nitrogens with two attached hydrogens (primary N) is 1. The number of halogens is 1. The number of amidine groups is 1. The molecule has 0 spiro atoms. The van der Waals surface area contributed by atoms with Gasteiger partial charge in [0, 0.05) is 34.9 Å². The Morgan fingerprint density at radius 3 is 2.45 bits per heavy atom. The third-order valence-corrected chi connectivity index (χ3v) is 4.92. The number of rotatable bonds is 5. The van der Waals surface area contributed by atoms with Gasteiger partial charge in [0.15, 0.2) is 0 Å². The van der Waals surface area contributed by atoms with Gasteiger partial charge in [-0.3, -0.25) is 5.41 Å². The molecule has 0 radical (unpaired) electrons. The Morgan fingerprint density at radius 2 is 2.00 bits per heavy atom. The van der Waals surface area contributed by atoms with Gasteiger partial charge >= 0.3 is 0 Å². The van der Waals surface area contributed by atoms with Crippen molar-refractivity contribution in [3.8, 4) is 0 Å². The van der Waals surface area contributed by atoms with Crippen molar-refractivity contribution >= 4 is 27.5 Å². The molecule has 0 bridgehead atoms. The van der Waals surface area contributed by atoms with Crippen LogP contribution in [0.25, 0.3) is 0 Å². The highest BCUT2D eigenvalue weighted by atomic mass is 79.9. The van der Waals surface area contributed by atoms with Crippen LogP contribution in [0.5, 0.6) is 0 Å². The number of hydrogen-bond acceptors (Lipinski definition) is 3. The highest BCUT2D eigenvalue weighted by Gasteiger charge is 2.40. The summed E-state index contributed by atoms with van der Waals surface area (Å²) in [6.07, 6.45) is 3.76. The van der Waals surface area contributed by atoms with E-state index in [1.807, 2.05) is 18.2 Å². The summed E-state index contributed by atoms with van der Waals surface area (Å²) in [4.78, 5) is 4.55. The van der Waals surface area contributed by atoms with Crippen molar-refractivity contribution in [3.05, 3.63) is 28.2 Å². The summed E-state index contributed by atoms with van der Waals surface area (Å²) < 4.78 is 1.01. The molecule has 0 aliphatic heterocycles. The molecule has 0 saturated heterocycles. The molecule has 0 heterocycles. The van der Waals surface area contributed by atoms with E-state index in [2.05, 4.69) is 46.9 Å². The van der Waals surface area contributed by atoms with Crippen LogP contribution in [0.15, 0.2) is 22.7 Å². The summed E-state index contributed by atoms with van der Waals surface area (Å²) in [6, 6.07) is 5.87. The van der Waals surface area contributed by atoms with Gasteiger partial charge < -0.3 is 15.5 Å². The SMILES string of the molecule is CN(CC1(N(C)C)CCC1)c1cc(Br)ccc1C(=N)N. The smallest absolute Gasteiger partial charge is 0.124 e. The molecule has 3 N–H and O–H groups in total. The lowest BCUT2D eigenvalue weighted by Gasteiger charge is -2.49. The van der Waals surface area contributed by atoms with E-state index in [1.54, 1.807) is 0 Å². The fourth-order valence-electron chi connectivity index (χ4n) is 2.91. The van der Waals surface area contributed by atoms with Crippen LogP contribution in [0.1, 0.15) is 24.8 Å². The van der Waals surface area contributed by atoms with E-state index < -0.39 is 0 Å². The second kappa shape index (κ2) is 5.74. The molecular formula is C15H23BrN4. The molecule has 110 valence electrons. The van der Waals surface area contributed by atoms with Crippen LogP contribution in [0.4, 0.5) is 5.69 Å². The predicted octanol–water partition coefficient (Wildman–Crippen LogP) is 2.65. The summed E-state index contributed by atoms with van der Waals surface area (Å²) >= 11 is 3.50. The van der Waals surface area contributed by atoms with E-state index in [1.165, 1.54) is 19.3 Å². The fraction of sp³-hybridized carbons (Fsp3) is 0.533. The highest BCUT2D eigenvalue weighted by Crippen LogP contribution is 2.38. The molecule has 0 aromatic heterocycles. The molecule has 1 aliphatic carbocycles. The Hall–Kier alpha value is -1.07. The number of benzene rings is 1. The van der Waals surface area contributed by atoms with E-state index in [-0.39, 0.29) is 11.4 Å². The minimum absolute atomic E-state index is 0.117. The number of nitrogen functional groups attached to an aromatic ring is 1. The maximum Gasteiger partial charge on any atom is 0.124 e. The third-order valence-electron chi connectivity index (χ3n) is 4.43. The molecule has 0 atom stereocenters. The van der Waals surface area contributed by atoms with E-state index in [9.17, 15) is 0 Å². The van der Waals surface area contributed by atoms with Crippen LogP contribution < -0.4 is 10.6 Å². The maximum atomic E-state index is 7.74. The second-order valence-corrected chi connectivity index (χ2v) is 6.82. The lowest BCUT2D eigenvalue weighted by atomic mass is 9.75. The molecule has 1 aromatic rings. The molecule has 1 aliphatic rings. The zero-order valence-corrected chi connectivity index (χ0v) is 14.0. The van der Waals surface area contributed by atoms with Crippen LogP contribution in [-0.2, 0) is 0 Å². The van der Waals surface area contributed by atoms with Gasteiger partial charge in [0.25, 0.3) is 0 Å². The number of anilines is 1. The van der Waals surface area contributed by atoms with Gasteiger partial charge in [-0.25, -0.2) is 0 Å². The summed E-state index contributed by atoms with van der Waals surface area (Å²) in [5, 5.41) is 7.74. The molecular weight excluding hydrogens is 316 g/mol. The van der Waals surface area contributed by atoms with Gasteiger partial charge in [-0.1, -0.05) is 15.9 Å². The van der Waals surface area contributed by atoms with Crippen LogP contribution in [0.2, 0.25) is 0 Å². The molecule has 5 heteroatoms. The molecule has 0 unspecified atom stereocenters.